The molecule has 1 aromatic carbocycles. The first-order valence-corrected chi connectivity index (χ1v) is 7.68. The molecule has 1 saturated heterocycles. The van der Waals surface area contributed by atoms with Crippen LogP contribution in [0.5, 0.6) is 0 Å². The lowest BCUT2D eigenvalue weighted by atomic mass is 10.1. The minimum Gasteiger partial charge on any atom is -0.369 e. The maximum atomic E-state index is 14.3. The molecule has 3 rings (SSSR count). The summed E-state index contributed by atoms with van der Waals surface area (Å²) in [6, 6.07) is 8.47. The third-order valence-corrected chi connectivity index (χ3v) is 3.98. The van der Waals surface area contributed by atoms with Gasteiger partial charge in [-0.15, -0.1) is 0 Å². The third kappa shape index (κ3) is 3.41. The van der Waals surface area contributed by atoms with Crippen LogP contribution in [0.2, 0.25) is 0 Å². The van der Waals surface area contributed by atoms with E-state index in [1.54, 1.807) is 31.3 Å². The van der Waals surface area contributed by atoms with Gasteiger partial charge in [-0.1, -0.05) is 6.07 Å². The van der Waals surface area contributed by atoms with Crippen molar-refractivity contribution in [3.05, 3.63) is 53.6 Å². The van der Waals surface area contributed by atoms with Crippen LogP contribution in [-0.4, -0.2) is 29.7 Å². The number of hydrogen-bond donors (Lipinski definition) is 2. The van der Waals surface area contributed by atoms with E-state index in [-0.39, 0.29) is 11.7 Å². The van der Waals surface area contributed by atoms with Crippen LogP contribution in [0.4, 0.5) is 10.1 Å². The van der Waals surface area contributed by atoms with E-state index in [0.29, 0.717) is 22.7 Å². The van der Waals surface area contributed by atoms with E-state index in [0.717, 1.165) is 25.9 Å². The number of halogens is 1. The smallest absolute Gasteiger partial charge is 0.287 e. The van der Waals surface area contributed by atoms with Crippen LogP contribution in [0.15, 0.2) is 41.6 Å². The number of hydrazone groups is 1. The molecule has 0 spiro atoms. The summed E-state index contributed by atoms with van der Waals surface area (Å²) < 4.78 is 14.3. The van der Waals surface area contributed by atoms with E-state index in [2.05, 4.69) is 20.4 Å². The molecular formula is C17H19FN4O. The molecule has 0 unspecified atom stereocenters. The van der Waals surface area contributed by atoms with Crippen LogP contribution in [0, 0.1) is 5.82 Å². The van der Waals surface area contributed by atoms with Crippen molar-refractivity contribution in [1.82, 2.24) is 10.4 Å². The van der Waals surface area contributed by atoms with Gasteiger partial charge >= 0.3 is 0 Å². The zero-order chi connectivity index (χ0) is 16.2. The van der Waals surface area contributed by atoms with Crippen molar-refractivity contribution in [2.45, 2.75) is 19.8 Å². The van der Waals surface area contributed by atoms with E-state index in [4.69, 9.17) is 0 Å². The SMILES string of the molecule is C/C(=N/NC(=O)c1ccc[nH]1)c1ccc(N2CCCC2)c(F)c1. The predicted octanol–water partition coefficient (Wildman–Crippen LogP) is 2.91. The first kappa shape index (κ1) is 15.3. The summed E-state index contributed by atoms with van der Waals surface area (Å²) in [5, 5.41) is 4.04. The number of benzene rings is 1. The van der Waals surface area contributed by atoms with E-state index in [9.17, 15) is 9.18 Å². The highest BCUT2D eigenvalue weighted by Crippen LogP contribution is 2.24. The number of nitrogens with one attached hydrogen (secondary N) is 2. The zero-order valence-corrected chi connectivity index (χ0v) is 13.0. The van der Waals surface area contributed by atoms with Gasteiger partial charge in [-0.05, 0) is 44.0 Å². The zero-order valence-electron chi connectivity index (χ0n) is 13.0. The summed E-state index contributed by atoms with van der Waals surface area (Å²) in [5.41, 5.74) is 4.72. The quantitative estimate of drug-likeness (QED) is 0.673. The molecule has 0 atom stereocenters. The first-order valence-electron chi connectivity index (χ1n) is 7.68. The number of aromatic amines is 1. The fraction of sp³-hybridized carbons (Fsp3) is 0.294. The average Bonchev–Trinajstić information content (AvgIpc) is 3.25. The number of aromatic nitrogens is 1. The normalized spacial score (nSPS) is 15.0. The van der Waals surface area contributed by atoms with Crippen molar-refractivity contribution < 1.29 is 9.18 Å². The molecule has 5 nitrogen and oxygen atoms in total. The number of carbonyl (C=O) groups excluding carboxylic acids is 1. The molecule has 1 aliphatic rings. The van der Waals surface area contributed by atoms with Crippen LogP contribution >= 0.6 is 0 Å². The predicted molar refractivity (Wildman–Crippen MR) is 88.3 cm³/mol. The van der Waals surface area contributed by atoms with Gasteiger partial charge in [0.05, 0.1) is 11.4 Å². The van der Waals surface area contributed by atoms with Crippen LogP contribution in [0.25, 0.3) is 0 Å². The first-order chi connectivity index (χ1) is 11.1. The Labute approximate surface area is 134 Å². The van der Waals surface area contributed by atoms with Gasteiger partial charge in [0.15, 0.2) is 0 Å². The number of nitrogens with zero attached hydrogens (tertiary/aromatic N) is 2. The Hall–Kier alpha value is -2.63. The van der Waals surface area contributed by atoms with Gasteiger partial charge < -0.3 is 9.88 Å². The molecule has 0 saturated carbocycles. The van der Waals surface area contributed by atoms with Gasteiger partial charge in [0.25, 0.3) is 5.91 Å². The van der Waals surface area contributed by atoms with E-state index >= 15 is 0 Å². The Morgan fingerprint density at radius 3 is 2.74 bits per heavy atom. The number of hydrogen-bond acceptors (Lipinski definition) is 3. The Morgan fingerprint density at radius 2 is 2.09 bits per heavy atom. The van der Waals surface area contributed by atoms with Crippen molar-refractivity contribution in [3.63, 3.8) is 0 Å². The van der Waals surface area contributed by atoms with Crippen molar-refractivity contribution in [2.24, 2.45) is 5.10 Å². The summed E-state index contributed by atoms with van der Waals surface area (Å²) in [4.78, 5) is 16.7. The number of amides is 1. The minimum atomic E-state index is -0.330. The molecule has 0 bridgehead atoms. The monoisotopic (exact) mass is 314 g/mol. The van der Waals surface area contributed by atoms with Gasteiger partial charge in [-0.3, -0.25) is 4.79 Å². The second-order valence-corrected chi connectivity index (χ2v) is 5.58. The van der Waals surface area contributed by atoms with Crippen LogP contribution < -0.4 is 10.3 Å². The number of rotatable bonds is 4. The standard InChI is InChI=1S/C17H19FN4O/c1-12(20-21-17(23)15-5-4-8-19-15)13-6-7-16(14(18)11-13)22-9-2-3-10-22/h4-8,11,19H,2-3,9-10H2,1H3,(H,21,23)/b20-12-. The van der Waals surface area contributed by atoms with Gasteiger partial charge in [-0.25, -0.2) is 9.82 Å². The second-order valence-electron chi connectivity index (χ2n) is 5.58. The molecule has 2 N–H and O–H groups in total. The summed E-state index contributed by atoms with van der Waals surface area (Å²) in [6.45, 7) is 3.53. The fourth-order valence-electron chi connectivity index (χ4n) is 2.68. The maximum Gasteiger partial charge on any atom is 0.287 e. The Balaban J connectivity index is 1.71. The van der Waals surface area contributed by atoms with E-state index in [1.165, 1.54) is 6.07 Å². The van der Waals surface area contributed by atoms with Crippen molar-refractivity contribution in [2.75, 3.05) is 18.0 Å². The number of carbonyl (C=O) groups is 1. The maximum absolute atomic E-state index is 14.3. The molecule has 0 radical (unpaired) electrons. The second kappa shape index (κ2) is 6.64. The topological polar surface area (TPSA) is 60.5 Å². The Bertz CT molecular complexity index is 718. The highest BCUT2D eigenvalue weighted by atomic mass is 19.1. The van der Waals surface area contributed by atoms with Crippen LogP contribution in [0.1, 0.15) is 35.8 Å². The lowest BCUT2D eigenvalue weighted by molar-refractivity contribution is 0.0950. The van der Waals surface area contributed by atoms with Gasteiger partial charge in [-0.2, -0.15) is 5.10 Å². The summed E-state index contributed by atoms with van der Waals surface area (Å²) in [6.07, 6.45) is 3.87. The molecule has 1 amide bonds. The average molecular weight is 314 g/mol. The van der Waals surface area contributed by atoms with Crippen molar-refractivity contribution in [3.8, 4) is 0 Å². The molecule has 2 heterocycles. The highest BCUT2D eigenvalue weighted by Gasteiger charge is 2.16. The Morgan fingerprint density at radius 1 is 1.30 bits per heavy atom. The van der Waals surface area contributed by atoms with Crippen molar-refractivity contribution >= 4 is 17.3 Å². The molecule has 1 aromatic heterocycles. The van der Waals surface area contributed by atoms with Crippen molar-refractivity contribution in [1.29, 1.82) is 0 Å². The molecule has 2 aromatic rings. The lowest BCUT2D eigenvalue weighted by Crippen LogP contribution is -2.20. The van der Waals surface area contributed by atoms with Crippen LogP contribution in [0.3, 0.4) is 0 Å². The van der Waals surface area contributed by atoms with E-state index < -0.39 is 0 Å². The van der Waals surface area contributed by atoms with E-state index in [1.807, 2.05) is 6.07 Å². The van der Waals surface area contributed by atoms with Gasteiger partial charge in [0.2, 0.25) is 0 Å². The number of H-pyrrole nitrogens is 1. The van der Waals surface area contributed by atoms with Crippen LogP contribution in [-0.2, 0) is 0 Å². The molecule has 1 fully saturated rings. The fourth-order valence-corrected chi connectivity index (χ4v) is 2.68. The molecular weight excluding hydrogens is 295 g/mol. The summed E-state index contributed by atoms with van der Waals surface area (Å²) in [5.74, 6) is -0.585. The Kier molecular flexibility index (Phi) is 4.41. The number of anilines is 1. The third-order valence-electron chi connectivity index (χ3n) is 3.98. The molecule has 6 heteroatoms. The van der Waals surface area contributed by atoms with Gasteiger partial charge in [0.1, 0.15) is 11.5 Å². The molecule has 23 heavy (non-hydrogen) atoms. The molecule has 120 valence electrons. The largest absolute Gasteiger partial charge is 0.369 e. The highest BCUT2D eigenvalue weighted by molar-refractivity contribution is 6.00. The molecule has 1 aliphatic heterocycles. The summed E-state index contributed by atoms with van der Waals surface area (Å²) in [7, 11) is 0. The van der Waals surface area contributed by atoms with Gasteiger partial charge in [0, 0.05) is 24.8 Å². The lowest BCUT2D eigenvalue weighted by Gasteiger charge is -2.18. The summed E-state index contributed by atoms with van der Waals surface area (Å²) >= 11 is 0. The minimum absolute atomic E-state index is 0.255. The molecule has 0 aliphatic carbocycles.